The average molecular weight is 397 g/mol. The van der Waals surface area contributed by atoms with Gasteiger partial charge in [-0.3, -0.25) is 0 Å². The highest BCUT2D eigenvalue weighted by molar-refractivity contribution is 5.75. The lowest BCUT2D eigenvalue weighted by Crippen LogP contribution is -2.52. The van der Waals surface area contributed by atoms with Gasteiger partial charge >= 0.3 is 0 Å². The van der Waals surface area contributed by atoms with Gasteiger partial charge in [-0.2, -0.15) is 0 Å². The summed E-state index contributed by atoms with van der Waals surface area (Å²) in [5.41, 5.74) is 3.04. The minimum atomic E-state index is -0.287. The molecule has 4 aliphatic carbocycles. The molecule has 3 fully saturated rings. The van der Waals surface area contributed by atoms with Crippen LogP contribution in [-0.4, -0.2) is 34.6 Å². The van der Waals surface area contributed by atoms with Crippen molar-refractivity contribution in [3.05, 3.63) is 42.0 Å². The van der Waals surface area contributed by atoms with E-state index in [-0.39, 0.29) is 46.9 Å². The highest BCUT2D eigenvalue weighted by Gasteiger charge is 2.81. The Hall–Kier alpha value is -1.16. The smallest absolute Gasteiger partial charge is 0.0544 e. The van der Waals surface area contributed by atoms with Gasteiger partial charge in [0, 0.05) is 18.6 Å². The van der Waals surface area contributed by atoms with Crippen LogP contribution in [-0.2, 0) is 0 Å². The number of benzene rings is 1. The van der Waals surface area contributed by atoms with E-state index < -0.39 is 0 Å². The number of aliphatic hydroxyl groups is 3. The Morgan fingerprint density at radius 1 is 1.03 bits per heavy atom. The highest BCUT2D eigenvalue weighted by Crippen LogP contribution is 2.87. The Kier molecular flexibility index (Phi) is 4.38. The molecule has 7 atom stereocenters. The predicted molar refractivity (Wildman–Crippen MR) is 115 cm³/mol. The molecule has 1 aromatic carbocycles. The van der Waals surface area contributed by atoms with Crippen molar-refractivity contribution in [3.63, 3.8) is 0 Å². The zero-order valence-electron chi connectivity index (χ0n) is 17.9. The average Bonchev–Trinajstić information content (AvgIpc) is 3.33. The van der Waals surface area contributed by atoms with E-state index in [0.717, 1.165) is 38.5 Å². The largest absolute Gasteiger partial charge is 0.396 e. The van der Waals surface area contributed by atoms with Crippen LogP contribution >= 0.6 is 0 Å². The normalized spacial score (nSPS) is 48.6. The summed E-state index contributed by atoms with van der Waals surface area (Å²) in [5, 5.41) is 31.2. The van der Waals surface area contributed by atoms with Crippen LogP contribution in [0.15, 0.2) is 36.4 Å². The second-order valence-corrected chi connectivity index (χ2v) is 11.0. The van der Waals surface area contributed by atoms with Crippen molar-refractivity contribution in [1.29, 1.82) is 0 Å². The van der Waals surface area contributed by atoms with Crippen molar-refractivity contribution in [2.75, 3.05) is 13.2 Å². The van der Waals surface area contributed by atoms with E-state index in [4.69, 9.17) is 0 Å². The molecular formula is C26H36O3. The molecule has 158 valence electrons. The van der Waals surface area contributed by atoms with E-state index >= 15 is 0 Å². The van der Waals surface area contributed by atoms with Crippen LogP contribution in [0.3, 0.4) is 0 Å². The predicted octanol–water partition coefficient (Wildman–Crippen LogP) is 4.42. The van der Waals surface area contributed by atoms with Crippen LogP contribution in [0.1, 0.15) is 64.4 Å². The number of aliphatic hydroxyl groups excluding tert-OH is 3. The number of hydrogen-bond donors (Lipinski definition) is 3. The molecule has 0 heterocycles. The van der Waals surface area contributed by atoms with Gasteiger partial charge in [-0.05, 0) is 84.2 Å². The van der Waals surface area contributed by atoms with Crippen LogP contribution < -0.4 is 0 Å². The molecule has 0 amide bonds. The third-order valence-electron chi connectivity index (χ3n) is 10.2. The second kappa shape index (κ2) is 6.42. The molecule has 0 aliphatic heterocycles. The number of allylic oxidation sites excluding steroid dienone is 2. The summed E-state index contributed by atoms with van der Waals surface area (Å²) in [5.74, 6) is 0.547. The third kappa shape index (κ3) is 2.36. The minimum absolute atomic E-state index is 0.00294. The molecule has 4 aliphatic rings. The Morgan fingerprint density at radius 3 is 2.48 bits per heavy atom. The van der Waals surface area contributed by atoms with Gasteiger partial charge in [0.05, 0.1) is 6.10 Å². The van der Waals surface area contributed by atoms with Crippen molar-refractivity contribution >= 4 is 5.57 Å². The van der Waals surface area contributed by atoms with Crippen molar-refractivity contribution in [2.45, 2.75) is 64.9 Å². The number of hydrogen-bond acceptors (Lipinski definition) is 3. The number of rotatable bonds is 4. The van der Waals surface area contributed by atoms with Crippen LogP contribution in [0.5, 0.6) is 0 Å². The lowest BCUT2D eigenvalue weighted by Gasteiger charge is -2.56. The first-order valence-corrected chi connectivity index (χ1v) is 11.5. The fraction of sp³-hybridized carbons (Fsp3) is 0.692. The molecule has 3 N–H and O–H groups in total. The standard InChI is InChI=1S/C26H36O3/c1-23(11-8-20(29)14-19(23)15-27)22-10-12-24(2)21(18-6-4-3-5-7-18)9-13-26(24)16-25(22,26)17-28/h3-7,9,19-20,22,27-29H,8,10-17H2,1-2H3/t19-,20+,22-,23+,24-,25?,26+/m1/s1. The van der Waals surface area contributed by atoms with Gasteiger partial charge in [-0.25, -0.2) is 0 Å². The monoisotopic (exact) mass is 396 g/mol. The first kappa shape index (κ1) is 19.8. The van der Waals surface area contributed by atoms with E-state index in [1.807, 2.05) is 0 Å². The zero-order chi connectivity index (χ0) is 20.5. The van der Waals surface area contributed by atoms with E-state index in [1.54, 1.807) is 0 Å². The highest BCUT2D eigenvalue weighted by atomic mass is 16.3. The van der Waals surface area contributed by atoms with Crippen LogP contribution in [0.4, 0.5) is 0 Å². The summed E-state index contributed by atoms with van der Waals surface area (Å²) >= 11 is 0. The quantitative estimate of drug-likeness (QED) is 0.706. The maximum absolute atomic E-state index is 10.8. The molecule has 29 heavy (non-hydrogen) atoms. The van der Waals surface area contributed by atoms with E-state index in [2.05, 4.69) is 50.3 Å². The van der Waals surface area contributed by atoms with Gasteiger partial charge in [-0.15, -0.1) is 0 Å². The third-order valence-corrected chi connectivity index (χ3v) is 10.2. The topological polar surface area (TPSA) is 60.7 Å². The summed E-state index contributed by atoms with van der Waals surface area (Å²) in [6, 6.07) is 10.8. The summed E-state index contributed by atoms with van der Waals surface area (Å²) in [7, 11) is 0. The zero-order valence-corrected chi connectivity index (χ0v) is 17.9. The van der Waals surface area contributed by atoms with Crippen LogP contribution in [0, 0.1) is 33.5 Å². The van der Waals surface area contributed by atoms with Gasteiger partial charge < -0.3 is 15.3 Å². The molecule has 0 bridgehead atoms. The van der Waals surface area contributed by atoms with Gasteiger partial charge in [-0.1, -0.05) is 50.3 Å². The summed E-state index contributed by atoms with van der Waals surface area (Å²) in [6.45, 7) is 5.18. The van der Waals surface area contributed by atoms with Crippen LogP contribution in [0.25, 0.3) is 5.57 Å². The maximum atomic E-state index is 10.8. The Morgan fingerprint density at radius 2 is 1.79 bits per heavy atom. The molecule has 0 saturated heterocycles. The molecule has 1 aromatic rings. The summed E-state index contributed by atoms with van der Waals surface area (Å²) < 4.78 is 0. The Balaban J connectivity index is 1.51. The molecule has 3 saturated carbocycles. The van der Waals surface area contributed by atoms with Gasteiger partial charge in [0.15, 0.2) is 0 Å². The Bertz CT molecular complexity index is 819. The fourth-order valence-corrected chi connectivity index (χ4v) is 8.51. The molecule has 5 rings (SSSR count). The summed E-state index contributed by atoms with van der Waals surface area (Å²) in [4.78, 5) is 0. The van der Waals surface area contributed by atoms with Crippen LogP contribution in [0.2, 0.25) is 0 Å². The maximum Gasteiger partial charge on any atom is 0.0544 e. The molecule has 1 unspecified atom stereocenters. The van der Waals surface area contributed by atoms with Crippen molar-refractivity contribution in [1.82, 2.24) is 0 Å². The van der Waals surface area contributed by atoms with Gasteiger partial charge in [0.1, 0.15) is 0 Å². The molecular weight excluding hydrogens is 360 g/mol. The van der Waals surface area contributed by atoms with Crippen molar-refractivity contribution in [3.8, 4) is 0 Å². The molecule has 3 nitrogen and oxygen atoms in total. The SMILES string of the molecule is C[C@]1([C@H]2CC[C@]3(C)C(c4ccccc4)=CC[C@]34CC24CO)CC[C@H](O)C[C@@H]1CO. The first-order valence-electron chi connectivity index (χ1n) is 11.5. The molecule has 1 spiro atoms. The Labute approximate surface area is 174 Å². The first-order chi connectivity index (χ1) is 13.9. The fourth-order valence-electron chi connectivity index (χ4n) is 8.51. The van der Waals surface area contributed by atoms with E-state index in [0.29, 0.717) is 12.3 Å². The minimum Gasteiger partial charge on any atom is -0.396 e. The van der Waals surface area contributed by atoms with E-state index in [1.165, 1.54) is 11.1 Å². The van der Waals surface area contributed by atoms with Gasteiger partial charge in [0.2, 0.25) is 0 Å². The lowest BCUT2D eigenvalue weighted by molar-refractivity contribution is -0.105. The lowest BCUT2D eigenvalue weighted by atomic mass is 9.49. The summed E-state index contributed by atoms with van der Waals surface area (Å²) in [6.07, 6.45) is 9.07. The second-order valence-electron chi connectivity index (χ2n) is 11.0. The van der Waals surface area contributed by atoms with Crippen molar-refractivity contribution < 1.29 is 15.3 Å². The molecule has 0 radical (unpaired) electrons. The van der Waals surface area contributed by atoms with Crippen molar-refractivity contribution in [2.24, 2.45) is 33.5 Å². The molecule has 3 heteroatoms. The van der Waals surface area contributed by atoms with Gasteiger partial charge in [0.25, 0.3) is 0 Å². The molecule has 0 aromatic heterocycles. The van der Waals surface area contributed by atoms with E-state index in [9.17, 15) is 15.3 Å².